The first-order valence-electron chi connectivity index (χ1n) is 7.48. The molecule has 1 fully saturated rings. The van der Waals surface area contributed by atoms with E-state index in [4.69, 9.17) is 9.72 Å². The summed E-state index contributed by atoms with van der Waals surface area (Å²) in [6.07, 6.45) is 2.80. The summed E-state index contributed by atoms with van der Waals surface area (Å²) >= 11 is 0. The first kappa shape index (κ1) is 13.3. The molecule has 0 amide bonds. The van der Waals surface area contributed by atoms with Crippen molar-refractivity contribution in [2.45, 2.75) is 18.9 Å². The second-order valence-electron chi connectivity index (χ2n) is 5.63. The Bertz CT molecular complexity index is 789. The number of pyridine rings is 1. The van der Waals surface area contributed by atoms with E-state index >= 15 is 0 Å². The summed E-state index contributed by atoms with van der Waals surface area (Å²) in [5, 5.41) is 9.43. The zero-order valence-corrected chi connectivity index (χ0v) is 12.1. The fourth-order valence-corrected chi connectivity index (χ4v) is 2.97. The molecule has 5 nitrogen and oxygen atoms in total. The smallest absolute Gasteiger partial charge is 0.160 e. The van der Waals surface area contributed by atoms with Crippen LogP contribution in [0, 0.1) is 0 Å². The highest BCUT2D eigenvalue weighted by Gasteiger charge is 2.24. The third kappa shape index (κ3) is 2.33. The Labute approximate surface area is 128 Å². The van der Waals surface area contributed by atoms with E-state index in [2.05, 4.69) is 9.55 Å². The molecule has 0 radical (unpaired) electrons. The fraction of sp³-hybridized carbons (Fsp3) is 0.294. The molecule has 1 atom stereocenters. The van der Waals surface area contributed by atoms with E-state index in [1.54, 1.807) is 18.3 Å². The molecule has 0 aliphatic carbocycles. The Kier molecular flexibility index (Phi) is 3.27. The molecule has 2 aromatic heterocycles. The normalized spacial score (nSPS) is 18.1. The molecule has 1 N–H and O–H groups in total. The second-order valence-corrected chi connectivity index (χ2v) is 5.63. The van der Waals surface area contributed by atoms with Crippen LogP contribution in [0.1, 0.15) is 23.7 Å². The Morgan fingerprint density at radius 2 is 2.09 bits per heavy atom. The monoisotopic (exact) mass is 295 g/mol. The first-order chi connectivity index (χ1) is 10.8. The lowest BCUT2D eigenvalue weighted by Crippen LogP contribution is -2.10. The van der Waals surface area contributed by atoms with Crippen molar-refractivity contribution in [1.82, 2.24) is 14.5 Å². The highest BCUT2D eigenvalue weighted by Crippen LogP contribution is 2.28. The van der Waals surface area contributed by atoms with Crippen LogP contribution in [0.2, 0.25) is 0 Å². The molecule has 1 unspecified atom stereocenters. The lowest BCUT2D eigenvalue weighted by atomic mass is 10.1. The predicted molar refractivity (Wildman–Crippen MR) is 82.9 cm³/mol. The molecule has 112 valence electrons. The van der Waals surface area contributed by atoms with Gasteiger partial charge in [-0.15, -0.1) is 0 Å². The van der Waals surface area contributed by atoms with Gasteiger partial charge in [0.05, 0.1) is 13.2 Å². The number of phenols is 1. The molecule has 4 rings (SSSR count). The molecule has 0 bridgehead atoms. The number of hydrogen-bond donors (Lipinski definition) is 1. The SMILES string of the molecule is Oc1ccc(Cn2c(C3CCOC3)nc3cccnc32)cc1. The van der Waals surface area contributed by atoms with Crippen LogP contribution in [-0.2, 0) is 11.3 Å². The zero-order valence-electron chi connectivity index (χ0n) is 12.1. The molecule has 1 aliphatic heterocycles. The third-order valence-corrected chi connectivity index (χ3v) is 4.11. The van der Waals surface area contributed by atoms with E-state index in [-0.39, 0.29) is 5.75 Å². The van der Waals surface area contributed by atoms with E-state index in [1.165, 1.54) is 0 Å². The van der Waals surface area contributed by atoms with E-state index in [1.807, 2.05) is 24.3 Å². The molecule has 3 aromatic rings. The van der Waals surface area contributed by atoms with Crippen molar-refractivity contribution in [3.8, 4) is 5.75 Å². The Hall–Kier alpha value is -2.40. The molecule has 0 saturated carbocycles. The van der Waals surface area contributed by atoms with Gasteiger partial charge < -0.3 is 14.4 Å². The Balaban J connectivity index is 1.79. The minimum absolute atomic E-state index is 0.279. The zero-order chi connectivity index (χ0) is 14.9. The summed E-state index contributed by atoms with van der Waals surface area (Å²) in [5.74, 6) is 1.65. The average Bonchev–Trinajstić information content (AvgIpc) is 3.18. The number of hydrogen-bond acceptors (Lipinski definition) is 4. The molecule has 1 aromatic carbocycles. The Morgan fingerprint density at radius 1 is 1.23 bits per heavy atom. The number of aromatic nitrogens is 3. The number of fused-ring (bicyclic) bond motifs is 1. The van der Waals surface area contributed by atoms with Gasteiger partial charge in [-0.3, -0.25) is 0 Å². The molecule has 3 heterocycles. The standard InChI is InChI=1S/C17H17N3O2/c21-14-5-3-12(4-6-14)10-20-16(13-7-9-22-11-13)19-15-2-1-8-18-17(15)20/h1-6,8,13,21H,7,9-11H2. The van der Waals surface area contributed by atoms with Crippen LogP contribution in [0.25, 0.3) is 11.2 Å². The summed E-state index contributed by atoms with van der Waals surface area (Å²) in [6, 6.07) is 11.2. The third-order valence-electron chi connectivity index (χ3n) is 4.11. The fourth-order valence-electron chi connectivity index (χ4n) is 2.97. The lowest BCUT2D eigenvalue weighted by molar-refractivity contribution is 0.193. The van der Waals surface area contributed by atoms with E-state index in [0.29, 0.717) is 12.5 Å². The van der Waals surface area contributed by atoms with Crippen LogP contribution in [0.15, 0.2) is 42.6 Å². The minimum atomic E-state index is 0.279. The molecular weight excluding hydrogens is 278 g/mol. The van der Waals surface area contributed by atoms with E-state index < -0.39 is 0 Å². The van der Waals surface area contributed by atoms with Gasteiger partial charge in [0.25, 0.3) is 0 Å². The van der Waals surface area contributed by atoms with Crippen molar-refractivity contribution in [3.05, 3.63) is 54.0 Å². The van der Waals surface area contributed by atoms with Crippen molar-refractivity contribution in [2.24, 2.45) is 0 Å². The van der Waals surface area contributed by atoms with Gasteiger partial charge in [-0.25, -0.2) is 9.97 Å². The number of ether oxygens (including phenoxy) is 1. The summed E-state index contributed by atoms with van der Waals surface area (Å²) in [4.78, 5) is 9.28. The molecule has 1 saturated heterocycles. The van der Waals surface area contributed by atoms with Crippen LogP contribution in [0.3, 0.4) is 0 Å². The largest absolute Gasteiger partial charge is 0.508 e. The second kappa shape index (κ2) is 5.42. The summed E-state index contributed by atoms with van der Waals surface area (Å²) in [5.41, 5.74) is 2.93. The first-order valence-corrected chi connectivity index (χ1v) is 7.48. The molecule has 0 spiro atoms. The minimum Gasteiger partial charge on any atom is -0.508 e. The molecule has 22 heavy (non-hydrogen) atoms. The van der Waals surface area contributed by atoms with Crippen molar-refractivity contribution < 1.29 is 9.84 Å². The van der Waals surface area contributed by atoms with Crippen molar-refractivity contribution >= 4 is 11.2 Å². The van der Waals surface area contributed by atoms with Gasteiger partial charge in [0.1, 0.15) is 17.1 Å². The number of aromatic hydroxyl groups is 1. The Morgan fingerprint density at radius 3 is 2.86 bits per heavy atom. The maximum Gasteiger partial charge on any atom is 0.160 e. The molecular formula is C17H17N3O2. The highest BCUT2D eigenvalue weighted by atomic mass is 16.5. The maximum atomic E-state index is 9.43. The summed E-state index contributed by atoms with van der Waals surface area (Å²) < 4.78 is 7.69. The van der Waals surface area contributed by atoms with Crippen molar-refractivity contribution in [3.63, 3.8) is 0 Å². The maximum absolute atomic E-state index is 9.43. The highest BCUT2D eigenvalue weighted by molar-refractivity contribution is 5.71. The van der Waals surface area contributed by atoms with Gasteiger partial charge in [0.2, 0.25) is 0 Å². The van der Waals surface area contributed by atoms with E-state index in [9.17, 15) is 5.11 Å². The van der Waals surface area contributed by atoms with Gasteiger partial charge in [-0.2, -0.15) is 0 Å². The van der Waals surface area contributed by atoms with Crippen LogP contribution in [0.4, 0.5) is 0 Å². The summed E-state index contributed by atoms with van der Waals surface area (Å²) in [6.45, 7) is 2.21. The van der Waals surface area contributed by atoms with Gasteiger partial charge in [-0.1, -0.05) is 12.1 Å². The van der Waals surface area contributed by atoms with Crippen LogP contribution >= 0.6 is 0 Å². The van der Waals surface area contributed by atoms with Gasteiger partial charge in [0.15, 0.2) is 5.65 Å². The van der Waals surface area contributed by atoms with Crippen LogP contribution in [-0.4, -0.2) is 32.9 Å². The van der Waals surface area contributed by atoms with Gasteiger partial charge >= 0.3 is 0 Å². The lowest BCUT2D eigenvalue weighted by Gasteiger charge is -2.12. The number of nitrogens with zero attached hydrogens (tertiary/aromatic N) is 3. The topological polar surface area (TPSA) is 60.2 Å². The molecule has 5 heteroatoms. The summed E-state index contributed by atoms with van der Waals surface area (Å²) in [7, 11) is 0. The molecule has 1 aliphatic rings. The van der Waals surface area contributed by atoms with Gasteiger partial charge in [0, 0.05) is 18.7 Å². The van der Waals surface area contributed by atoms with E-state index in [0.717, 1.165) is 42.2 Å². The number of benzene rings is 1. The predicted octanol–water partition coefficient (Wildman–Crippen LogP) is 2.69. The van der Waals surface area contributed by atoms with Crippen LogP contribution in [0.5, 0.6) is 5.75 Å². The average molecular weight is 295 g/mol. The number of phenolic OH excluding ortho intramolecular Hbond substituents is 1. The number of rotatable bonds is 3. The number of imidazole rings is 1. The van der Waals surface area contributed by atoms with Crippen molar-refractivity contribution in [2.75, 3.05) is 13.2 Å². The quantitative estimate of drug-likeness (QED) is 0.807. The van der Waals surface area contributed by atoms with Gasteiger partial charge in [-0.05, 0) is 36.2 Å². The van der Waals surface area contributed by atoms with Crippen LogP contribution < -0.4 is 0 Å². The van der Waals surface area contributed by atoms with Crippen molar-refractivity contribution in [1.29, 1.82) is 0 Å².